The largest absolute Gasteiger partial charge is 0.408 e. The number of nitrogens with zero attached hydrogens (tertiary/aromatic N) is 6. The number of benzene rings is 1. The van der Waals surface area contributed by atoms with E-state index in [-0.39, 0.29) is 11.5 Å². The van der Waals surface area contributed by atoms with E-state index in [0.717, 1.165) is 31.1 Å². The molecule has 2 N–H and O–H groups in total. The van der Waals surface area contributed by atoms with Crippen molar-refractivity contribution in [3.05, 3.63) is 41.3 Å². The van der Waals surface area contributed by atoms with Gasteiger partial charge in [-0.1, -0.05) is 25.9 Å². The van der Waals surface area contributed by atoms with Gasteiger partial charge in [-0.15, -0.1) is 5.10 Å². The van der Waals surface area contributed by atoms with Crippen molar-refractivity contribution in [2.75, 3.05) is 47.1 Å². The summed E-state index contributed by atoms with van der Waals surface area (Å²) in [6.07, 6.45) is 1.08. The first kappa shape index (κ1) is 23.9. The van der Waals surface area contributed by atoms with Gasteiger partial charge in [0, 0.05) is 56.7 Å². The zero-order valence-electron chi connectivity index (χ0n) is 21.7. The molecule has 4 heterocycles. The fourth-order valence-corrected chi connectivity index (χ4v) is 6.50. The fraction of sp³-hybridized carbons (Fsp3) is 0.538. The highest BCUT2D eigenvalue weighted by molar-refractivity contribution is 5.76. The third kappa shape index (κ3) is 3.95. The van der Waals surface area contributed by atoms with Crippen LogP contribution in [-0.4, -0.2) is 52.9 Å². The summed E-state index contributed by atoms with van der Waals surface area (Å²) in [5, 5.41) is 15.1. The second-order valence-corrected chi connectivity index (χ2v) is 11.2. The number of piperidine rings is 1. The van der Waals surface area contributed by atoms with Gasteiger partial charge in [-0.25, -0.2) is 8.78 Å². The maximum atomic E-state index is 14.9. The van der Waals surface area contributed by atoms with Gasteiger partial charge in [0.25, 0.3) is 0 Å². The zero-order chi connectivity index (χ0) is 26.1. The average molecular weight is 511 g/mol. The Balaban J connectivity index is 1.33. The molecule has 1 aromatic carbocycles. The smallest absolute Gasteiger partial charge is 0.318 e. The molecule has 2 fully saturated rings. The van der Waals surface area contributed by atoms with Crippen LogP contribution >= 0.6 is 0 Å². The Kier molecular flexibility index (Phi) is 5.50. The summed E-state index contributed by atoms with van der Waals surface area (Å²) in [7, 11) is 1.83. The number of hydrogen-bond acceptors (Lipinski definition) is 9. The van der Waals surface area contributed by atoms with Crippen LogP contribution in [0.15, 0.2) is 22.6 Å². The lowest BCUT2D eigenvalue weighted by molar-refractivity contribution is 0.336. The summed E-state index contributed by atoms with van der Waals surface area (Å²) < 4.78 is 34.2. The molecule has 3 aromatic rings. The lowest BCUT2D eigenvalue weighted by Crippen LogP contribution is -2.49. The first-order chi connectivity index (χ1) is 17.6. The maximum Gasteiger partial charge on any atom is 0.318 e. The normalized spacial score (nSPS) is 25.9. The van der Waals surface area contributed by atoms with Gasteiger partial charge in [-0.2, -0.15) is 9.97 Å². The van der Waals surface area contributed by atoms with Crippen molar-refractivity contribution in [1.82, 2.24) is 20.2 Å². The number of fused-ring (bicyclic) bond motifs is 3. The molecule has 4 unspecified atom stereocenters. The minimum Gasteiger partial charge on any atom is -0.408 e. The lowest BCUT2D eigenvalue weighted by Gasteiger charge is -2.38. The number of anilines is 5. The minimum absolute atomic E-state index is 0.184. The van der Waals surface area contributed by atoms with Gasteiger partial charge in [0.05, 0.1) is 5.69 Å². The van der Waals surface area contributed by atoms with E-state index < -0.39 is 11.6 Å². The number of hydrogen-bond donors (Lipinski definition) is 2. The van der Waals surface area contributed by atoms with Crippen LogP contribution < -0.4 is 20.4 Å². The first-order valence-corrected chi connectivity index (χ1v) is 12.8. The molecule has 0 amide bonds. The maximum absolute atomic E-state index is 14.9. The van der Waals surface area contributed by atoms with Crippen LogP contribution in [0.4, 0.5) is 38.1 Å². The monoisotopic (exact) mass is 510 g/mol. The van der Waals surface area contributed by atoms with Gasteiger partial charge in [0.1, 0.15) is 23.3 Å². The molecule has 196 valence electrons. The summed E-state index contributed by atoms with van der Waals surface area (Å²) in [5.41, 5.74) is 0.882. The Hall–Kier alpha value is -3.50. The Bertz CT molecular complexity index is 1340. The van der Waals surface area contributed by atoms with Crippen LogP contribution in [0.5, 0.6) is 0 Å². The molecule has 4 atom stereocenters. The molecule has 9 nitrogen and oxygen atoms in total. The molecule has 3 aliphatic rings. The summed E-state index contributed by atoms with van der Waals surface area (Å²) in [6.45, 7) is 10.4. The molecule has 0 radical (unpaired) electrons. The van der Waals surface area contributed by atoms with E-state index >= 15 is 0 Å². The predicted molar refractivity (Wildman–Crippen MR) is 137 cm³/mol. The summed E-state index contributed by atoms with van der Waals surface area (Å²) in [4.78, 5) is 13.8. The molecular formula is C26H32F2N8O. The van der Waals surface area contributed by atoms with E-state index in [4.69, 9.17) is 14.4 Å². The average Bonchev–Trinajstić information content (AvgIpc) is 3.44. The molecule has 0 spiro atoms. The molecule has 11 heteroatoms. The van der Waals surface area contributed by atoms with Crippen molar-refractivity contribution in [2.24, 2.45) is 17.8 Å². The third-order valence-corrected chi connectivity index (χ3v) is 8.16. The molecule has 1 aliphatic carbocycles. The van der Waals surface area contributed by atoms with Crippen LogP contribution in [0.1, 0.15) is 38.6 Å². The van der Waals surface area contributed by atoms with Crippen LogP contribution in [0.2, 0.25) is 0 Å². The lowest BCUT2D eigenvalue weighted by atomic mass is 9.88. The Morgan fingerprint density at radius 1 is 1.14 bits per heavy atom. The fourth-order valence-electron chi connectivity index (χ4n) is 6.50. The highest BCUT2D eigenvalue weighted by atomic mass is 19.1. The number of rotatable bonds is 5. The van der Waals surface area contributed by atoms with Crippen molar-refractivity contribution >= 4 is 29.3 Å². The molecular weight excluding hydrogens is 478 g/mol. The van der Waals surface area contributed by atoms with Gasteiger partial charge in [0.15, 0.2) is 0 Å². The van der Waals surface area contributed by atoms with Crippen molar-refractivity contribution in [3.63, 3.8) is 0 Å². The molecule has 1 saturated carbocycles. The summed E-state index contributed by atoms with van der Waals surface area (Å²) >= 11 is 0. The first-order valence-electron chi connectivity index (χ1n) is 12.8. The van der Waals surface area contributed by atoms with E-state index in [0.29, 0.717) is 59.5 Å². The van der Waals surface area contributed by atoms with Crippen molar-refractivity contribution < 1.29 is 13.2 Å². The van der Waals surface area contributed by atoms with Crippen molar-refractivity contribution in [3.8, 4) is 0 Å². The molecule has 2 aliphatic heterocycles. The topological polar surface area (TPSA) is 95.2 Å². The minimum atomic E-state index is -0.613. The number of aryl methyl sites for hydroxylation is 1. The van der Waals surface area contributed by atoms with Gasteiger partial charge in [0.2, 0.25) is 11.8 Å². The summed E-state index contributed by atoms with van der Waals surface area (Å²) in [6, 6.07) is 4.42. The van der Waals surface area contributed by atoms with Crippen LogP contribution in [0.3, 0.4) is 0 Å². The highest BCUT2D eigenvalue weighted by Crippen LogP contribution is 2.48. The number of aromatic nitrogens is 4. The number of nitrogens with one attached hydrogen (secondary N) is 2. The van der Waals surface area contributed by atoms with Gasteiger partial charge >= 0.3 is 6.01 Å². The van der Waals surface area contributed by atoms with Gasteiger partial charge in [-0.3, -0.25) is 0 Å². The van der Waals surface area contributed by atoms with Crippen LogP contribution in [0, 0.1) is 36.3 Å². The van der Waals surface area contributed by atoms with E-state index in [1.165, 1.54) is 12.1 Å². The van der Waals surface area contributed by atoms with Crippen molar-refractivity contribution in [2.45, 2.75) is 45.6 Å². The van der Waals surface area contributed by atoms with Crippen LogP contribution in [0.25, 0.3) is 0 Å². The standard InChI is InChI=1S/C26H32F2N8O/c1-13-8-15-10-35(25-34-33-14(2)37-25)11-17(13)21(15)30-24-31-22(29-5)20-23(32-24)36(12-26(20,3)4)19-7-6-16(27)9-18(19)28/h6-7,9,13,15,17,21H,8,10-12H2,1-5H3,(H2,29,30,31,32). The van der Waals surface area contributed by atoms with E-state index in [9.17, 15) is 8.78 Å². The SMILES string of the molecule is CNc1nc(NC2C3CC(C)C2CN(c2nnc(C)o2)C3)nc2c1C(C)(C)CN2c1ccc(F)cc1F. The second-order valence-electron chi connectivity index (χ2n) is 11.2. The predicted octanol–water partition coefficient (Wildman–Crippen LogP) is 4.49. The summed E-state index contributed by atoms with van der Waals surface area (Å²) in [5.74, 6) is 2.42. The van der Waals surface area contributed by atoms with Crippen LogP contribution in [-0.2, 0) is 5.41 Å². The van der Waals surface area contributed by atoms with E-state index in [1.807, 2.05) is 11.9 Å². The molecule has 6 rings (SSSR count). The molecule has 2 bridgehead atoms. The van der Waals surface area contributed by atoms with Gasteiger partial charge < -0.3 is 24.9 Å². The Morgan fingerprint density at radius 2 is 1.95 bits per heavy atom. The Labute approximate surface area is 214 Å². The third-order valence-electron chi connectivity index (χ3n) is 8.16. The zero-order valence-corrected chi connectivity index (χ0v) is 21.7. The molecule has 2 aromatic heterocycles. The molecule has 37 heavy (non-hydrogen) atoms. The molecule has 1 saturated heterocycles. The van der Waals surface area contributed by atoms with E-state index in [1.54, 1.807) is 6.92 Å². The quantitative estimate of drug-likeness (QED) is 0.515. The van der Waals surface area contributed by atoms with E-state index in [2.05, 4.69) is 46.5 Å². The second kappa shape index (κ2) is 8.53. The number of halogens is 2. The Morgan fingerprint density at radius 3 is 2.62 bits per heavy atom. The van der Waals surface area contributed by atoms with Crippen molar-refractivity contribution in [1.29, 1.82) is 0 Å². The van der Waals surface area contributed by atoms with Gasteiger partial charge in [-0.05, 0) is 36.3 Å². The highest BCUT2D eigenvalue weighted by Gasteiger charge is 2.48.